The Kier molecular flexibility index (Phi) is 2.61. The molecule has 96 valence electrons. The molecule has 1 aliphatic rings. The van der Waals surface area contributed by atoms with Gasteiger partial charge in [0.15, 0.2) is 5.58 Å². The third-order valence-corrected chi connectivity index (χ3v) is 3.24. The summed E-state index contributed by atoms with van der Waals surface area (Å²) in [4.78, 5) is 13.6. The Morgan fingerprint density at radius 2 is 2.28 bits per heavy atom. The van der Waals surface area contributed by atoms with Gasteiger partial charge in [0.25, 0.3) is 0 Å². The minimum absolute atomic E-state index is 0.102. The summed E-state index contributed by atoms with van der Waals surface area (Å²) in [6, 6.07) is 5.38. The van der Waals surface area contributed by atoms with Crippen LogP contribution >= 0.6 is 0 Å². The SMILES string of the molecule is O=c1[nH]c2cc(NCC3(CO)COC3)ccc2o1. The lowest BCUT2D eigenvalue weighted by Gasteiger charge is -2.40. The number of anilines is 1. The van der Waals surface area contributed by atoms with E-state index >= 15 is 0 Å². The van der Waals surface area contributed by atoms with E-state index in [1.165, 1.54) is 0 Å². The van der Waals surface area contributed by atoms with Gasteiger partial charge in [-0.05, 0) is 18.2 Å². The number of benzene rings is 1. The minimum atomic E-state index is -0.457. The zero-order valence-electron chi connectivity index (χ0n) is 9.73. The first-order chi connectivity index (χ1) is 8.71. The van der Waals surface area contributed by atoms with Gasteiger partial charge in [0.1, 0.15) is 0 Å². The molecule has 1 aromatic heterocycles. The predicted molar refractivity (Wildman–Crippen MR) is 65.7 cm³/mol. The van der Waals surface area contributed by atoms with Crippen LogP contribution in [0.5, 0.6) is 0 Å². The summed E-state index contributed by atoms with van der Waals surface area (Å²) >= 11 is 0. The normalized spacial score (nSPS) is 17.6. The van der Waals surface area contributed by atoms with Crippen molar-refractivity contribution < 1.29 is 14.3 Å². The zero-order chi connectivity index (χ0) is 12.6. The van der Waals surface area contributed by atoms with E-state index < -0.39 is 5.76 Å². The Balaban J connectivity index is 1.76. The maximum absolute atomic E-state index is 11.0. The molecule has 0 aliphatic carbocycles. The number of aromatic amines is 1. The molecule has 0 radical (unpaired) electrons. The van der Waals surface area contributed by atoms with Crippen molar-refractivity contribution in [1.29, 1.82) is 0 Å². The van der Waals surface area contributed by atoms with E-state index in [1.54, 1.807) is 6.07 Å². The lowest BCUT2D eigenvalue weighted by molar-refractivity contribution is -0.128. The first kappa shape index (κ1) is 11.3. The van der Waals surface area contributed by atoms with E-state index in [0.717, 1.165) is 5.69 Å². The zero-order valence-corrected chi connectivity index (χ0v) is 9.73. The van der Waals surface area contributed by atoms with Gasteiger partial charge in [-0.2, -0.15) is 0 Å². The van der Waals surface area contributed by atoms with Crippen molar-refractivity contribution >= 4 is 16.8 Å². The van der Waals surface area contributed by atoms with E-state index in [9.17, 15) is 9.90 Å². The largest absolute Gasteiger partial charge is 0.417 e. The second kappa shape index (κ2) is 4.15. The number of hydrogen-bond donors (Lipinski definition) is 3. The van der Waals surface area contributed by atoms with Crippen molar-refractivity contribution in [2.24, 2.45) is 5.41 Å². The number of aliphatic hydroxyl groups is 1. The smallest absolute Gasteiger partial charge is 0.408 e. The van der Waals surface area contributed by atoms with Gasteiger partial charge in [0.05, 0.1) is 30.8 Å². The summed E-state index contributed by atoms with van der Waals surface area (Å²) in [6.45, 7) is 1.88. The molecule has 18 heavy (non-hydrogen) atoms. The monoisotopic (exact) mass is 250 g/mol. The van der Waals surface area contributed by atoms with Crippen LogP contribution in [0.3, 0.4) is 0 Å². The number of ether oxygens (including phenoxy) is 1. The van der Waals surface area contributed by atoms with Crippen LogP contribution in [0.15, 0.2) is 27.4 Å². The van der Waals surface area contributed by atoms with E-state index in [4.69, 9.17) is 9.15 Å². The van der Waals surface area contributed by atoms with Crippen molar-refractivity contribution in [1.82, 2.24) is 4.98 Å². The van der Waals surface area contributed by atoms with Crippen molar-refractivity contribution in [2.75, 3.05) is 31.7 Å². The Morgan fingerprint density at radius 1 is 1.44 bits per heavy atom. The predicted octanol–water partition coefficient (Wildman–Crippen LogP) is 0.542. The average Bonchev–Trinajstić information content (AvgIpc) is 2.67. The Bertz CT molecular complexity index is 606. The number of aliphatic hydroxyl groups excluding tert-OH is 1. The molecule has 1 fully saturated rings. The second-order valence-corrected chi connectivity index (χ2v) is 4.73. The average molecular weight is 250 g/mol. The molecule has 6 nitrogen and oxygen atoms in total. The van der Waals surface area contributed by atoms with E-state index in [-0.39, 0.29) is 12.0 Å². The minimum Gasteiger partial charge on any atom is -0.408 e. The maximum Gasteiger partial charge on any atom is 0.417 e. The van der Waals surface area contributed by atoms with Crippen LogP contribution < -0.4 is 11.1 Å². The summed E-state index contributed by atoms with van der Waals surface area (Å²) in [6.07, 6.45) is 0. The van der Waals surface area contributed by atoms with Gasteiger partial charge in [-0.25, -0.2) is 4.79 Å². The molecule has 0 saturated carbocycles. The molecular weight excluding hydrogens is 236 g/mol. The van der Waals surface area contributed by atoms with Crippen molar-refractivity contribution in [2.45, 2.75) is 0 Å². The van der Waals surface area contributed by atoms with Gasteiger partial charge in [0, 0.05) is 12.2 Å². The van der Waals surface area contributed by atoms with Crippen LogP contribution in [0, 0.1) is 5.41 Å². The third-order valence-electron chi connectivity index (χ3n) is 3.24. The van der Waals surface area contributed by atoms with Gasteiger partial charge in [-0.3, -0.25) is 4.98 Å². The number of nitrogens with one attached hydrogen (secondary N) is 2. The quantitative estimate of drug-likeness (QED) is 0.737. The number of fused-ring (bicyclic) bond motifs is 1. The first-order valence-electron chi connectivity index (χ1n) is 5.76. The molecule has 2 heterocycles. The van der Waals surface area contributed by atoms with Crippen LogP contribution in [0.2, 0.25) is 0 Å². The number of rotatable bonds is 4. The second-order valence-electron chi connectivity index (χ2n) is 4.73. The molecule has 3 N–H and O–H groups in total. The fraction of sp³-hybridized carbons (Fsp3) is 0.417. The molecule has 0 amide bonds. The fourth-order valence-electron chi connectivity index (χ4n) is 1.99. The van der Waals surface area contributed by atoms with Gasteiger partial charge in [-0.15, -0.1) is 0 Å². The maximum atomic E-state index is 11.0. The Labute approximate surface area is 103 Å². The number of hydrogen-bond acceptors (Lipinski definition) is 5. The van der Waals surface area contributed by atoms with Crippen LogP contribution in [0.25, 0.3) is 11.1 Å². The molecule has 0 bridgehead atoms. The number of oxazole rings is 1. The Hall–Kier alpha value is -1.79. The molecule has 2 aromatic rings. The molecule has 1 saturated heterocycles. The standard InChI is InChI=1S/C12H14N2O4/c15-5-12(6-17-7-12)4-13-8-1-2-10-9(3-8)14-11(16)18-10/h1-3,13,15H,4-7H2,(H,14,16). The molecule has 1 aromatic carbocycles. The van der Waals surface area contributed by atoms with E-state index in [1.807, 2.05) is 12.1 Å². The van der Waals surface area contributed by atoms with Gasteiger partial charge in [0.2, 0.25) is 0 Å². The van der Waals surface area contributed by atoms with Crippen LogP contribution in [-0.2, 0) is 4.74 Å². The lowest BCUT2D eigenvalue weighted by atomic mass is 9.87. The first-order valence-corrected chi connectivity index (χ1v) is 5.76. The molecular formula is C12H14N2O4. The van der Waals surface area contributed by atoms with Gasteiger partial charge in [-0.1, -0.05) is 0 Å². The summed E-state index contributed by atoms with van der Waals surface area (Å²) in [5.74, 6) is -0.457. The fourth-order valence-corrected chi connectivity index (χ4v) is 1.99. The van der Waals surface area contributed by atoms with Crippen LogP contribution in [0.4, 0.5) is 5.69 Å². The molecule has 0 unspecified atom stereocenters. The van der Waals surface area contributed by atoms with Gasteiger partial charge < -0.3 is 19.6 Å². The summed E-state index contributed by atoms with van der Waals surface area (Å²) in [7, 11) is 0. The van der Waals surface area contributed by atoms with Crippen LogP contribution in [0.1, 0.15) is 0 Å². The summed E-state index contributed by atoms with van der Waals surface area (Å²) < 4.78 is 10.1. The third kappa shape index (κ3) is 1.89. The summed E-state index contributed by atoms with van der Waals surface area (Å²) in [5, 5.41) is 12.5. The van der Waals surface area contributed by atoms with Crippen molar-refractivity contribution in [3.05, 3.63) is 28.7 Å². The highest BCUT2D eigenvalue weighted by Crippen LogP contribution is 2.27. The Morgan fingerprint density at radius 3 is 2.94 bits per heavy atom. The molecule has 3 rings (SSSR count). The molecule has 1 aliphatic heterocycles. The highest BCUT2D eigenvalue weighted by atomic mass is 16.5. The number of aromatic nitrogens is 1. The van der Waals surface area contributed by atoms with E-state index in [2.05, 4.69) is 10.3 Å². The summed E-state index contributed by atoms with van der Waals surface area (Å²) in [5.41, 5.74) is 1.89. The molecule has 0 spiro atoms. The van der Waals surface area contributed by atoms with Crippen LogP contribution in [-0.4, -0.2) is 36.5 Å². The number of H-pyrrole nitrogens is 1. The van der Waals surface area contributed by atoms with Gasteiger partial charge >= 0.3 is 5.76 Å². The lowest BCUT2D eigenvalue weighted by Crippen LogP contribution is -2.50. The highest BCUT2D eigenvalue weighted by molar-refractivity contribution is 5.76. The highest BCUT2D eigenvalue weighted by Gasteiger charge is 2.37. The molecule has 0 atom stereocenters. The topological polar surface area (TPSA) is 87.5 Å². The van der Waals surface area contributed by atoms with Crippen molar-refractivity contribution in [3.63, 3.8) is 0 Å². The molecule has 6 heteroatoms. The van der Waals surface area contributed by atoms with Crippen molar-refractivity contribution in [3.8, 4) is 0 Å². The van der Waals surface area contributed by atoms with E-state index in [0.29, 0.717) is 30.9 Å².